The molecule has 0 radical (unpaired) electrons. The van der Waals surface area contributed by atoms with Gasteiger partial charge >= 0.3 is 0 Å². The Morgan fingerprint density at radius 1 is 1.07 bits per heavy atom. The molecule has 1 heterocycles. The Balaban J connectivity index is 2.29. The maximum Gasteiger partial charge on any atom is 0.0342 e. The number of aromatic nitrogens is 1. The van der Waals surface area contributed by atoms with Crippen LogP contribution >= 0.6 is 0 Å². The molecular weight excluding hydrogens is 182 g/mol. The Labute approximate surface area is 90.1 Å². The lowest BCUT2D eigenvalue weighted by Crippen LogP contribution is -1.80. The van der Waals surface area contributed by atoms with Gasteiger partial charge in [-0.2, -0.15) is 0 Å². The highest BCUT2D eigenvalue weighted by atomic mass is 14.6. The van der Waals surface area contributed by atoms with Crippen LogP contribution in [-0.2, 0) is 0 Å². The van der Waals surface area contributed by atoms with Gasteiger partial charge in [-0.1, -0.05) is 42.5 Å². The third kappa shape index (κ3) is 2.53. The second-order valence-electron chi connectivity index (χ2n) is 3.48. The SMILES string of the molecule is CC(=Cc1ccccc1)c1cccnc1. The van der Waals surface area contributed by atoms with E-state index in [0.717, 1.165) is 0 Å². The summed E-state index contributed by atoms with van der Waals surface area (Å²) in [5, 5.41) is 0. The van der Waals surface area contributed by atoms with Gasteiger partial charge in [0.2, 0.25) is 0 Å². The van der Waals surface area contributed by atoms with Gasteiger partial charge in [0.25, 0.3) is 0 Å². The van der Waals surface area contributed by atoms with Gasteiger partial charge in [-0.3, -0.25) is 4.98 Å². The van der Waals surface area contributed by atoms with Crippen molar-refractivity contribution >= 4 is 11.6 Å². The van der Waals surface area contributed by atoms with E-state index in [1.807, 2.05) is 30.5 Å². The van der Waals surface area contributed by atoms with Crippen LogP contribution in [0.5, 0.6) is 0 Å². The van der Waals surface area contributed by atoms with Crippen molar-refractivity contribution in [3.63, 3.8) is 0 Å². The van der Waals surface area contributed by atoms with Crippen molar-refractivity contribution in [2.24, 2.45) is 0 Å². The average molecular weight is 195 g/mol. The summed E-state index contributed by atoms with van der Waals surface area (Å²) in [7, 11) is 0. The molecule has 0 fully saturated rings. The van der Waals surface area contributed by atoms with Crippen molar-refractivity contribution in [3.05, 3.63) is 66.0 Å². The van der Waals surface area contributed by atoms with Crippen LogP contribution in [0.2, 0.25) is 0 Å². The quantitative estimate of drug-likeness (QED) is 0.712. The molecule has 0 saturated carbocycles. The molecule has 0 bridgehead atoms. The lowest BCUT2D eigenvalue weighted by atomic mass is 10.1. The van der Waals surface area contributed by atoms with E-state index in [2.05, 4.69) is 36.2 Å². The first kappa shape index (κ1) is 9.66. The van der Waals surface area contributed by atoms with Crippen molar-refractivity contribution in [2.75, 3.05) is 0 Å². The highest BCUT2D eigenvalue weighted by Crippen LogP contribution is 2.15. The normalized spacial score (nSPS) is 11.4. The molecular formula is C14H13N. The summed E-state index contributed by atoms with van der Waals surface area (Å²) in [5.74, 6) is 0. The van der Waals surface area contributed by atoms with Crippen LogP contribution in [0.25, 0.3) is 11.6 Å². The highest BCUT2D eigenvalue weighted by Gasteiger charge is 1.94. The predicted octanol–water partition coefficient (Wildman–Crippen LogP) is 3.64. The molecule has 1 aromatic carbocycles. The van der Waals surface area contributed by atoms with E-state index in [1.165, 1.54) is 16.7 Å². The molecule has 2 aromatic rings. The summed E-state index contributed by atoms with van der Waals surface area (Å²) in [6.07, 6.45) is 5.84. The number of rotatable bonds is 2. The molecule has 1 heteroatoms. The number of pyridine rings is 1. The van der Waals surface area contributed by atoms with Gasteiger partial charge < -0.3 is 0 Å². The summed E-state index contributed by atoms with van der Waals surface area (Å²) in [6, 6.07) is 14.3. The zero-order chi connectivity index (χ0) is 10.5. The number of allylic oxidation sites excluding steroid dienone is 1. The van der Waals surface area contributed by atoms with Gasteiger partial charge in [0, 0.05) is 12.4 Å². The zero-order valence-electron chi connectivity index (χ0n) is 8.72. The molecule has 0 amide bonds. The van der Waals surface area contributed by atoms with Crippen molar-refractivity contribution in [2.45, 2.75) is 6.92 Å². The van der Waals surface area contributed by atoms with E-state index in [0.29, 0.717) is 0 Å². The van der Waals surface area contributed by atoms with Crippen LogP contribution in [-0.4, -0.2) is 4.98 Å². The Bertz CT molecular complexity index is 443. The van der Waals surface area contributed by atoms with E-state index in [1.54, 1.807) is 6.20 Å². The van der Waals surface area contributed by atoms with Crippen LogP contribution in [0, 0.1) is 0 Å². The van der Waals surface area contributed by atoms with Crippen molar-refractivity contribution in [1.29, 1.82) is 0 Å². The standard InChI is InChI=1S/C14H13N/c1-12(14-8-5-9-15-11-14)10-13-6-3-2-4-7-13/h2-11H,1H3. The summed E-state index contributed by atoms with van der Waals surface area (Å²) >= 11 is 0. The number of benzene rings is 1. The van der Waals surface area contributed by atoms with Gasteiger partial charge in [0.1, 0.15) is 0 Å². The molecule has 1 nitrogen and oxygen atoms in total. The molecule has 1 aromatic heterocycles. The molecule has 0 unspecified atom stereocenters. The Morgan fingerprint density at radius 3 is 2.53 bits per heavy atom. The largest absolute Gasteiger partial charge is 0.264 e. The number of nitrogens with zero attached hydrogens (tertiary/aromatic N) is 1. The van der Waals surface area contributed by atoms with Gasteiger partial charge in [-0.15, -0.1) is 0 Å². The fourth-order valence-corrected chi connectivity index (χ4v) is 1.48. The molecule has 2 rings (SSSR count). The van der Waals surface area contributed by atoms with Crippen molar-refractivity contribution in [1.82, 2.24) is 4.98 Å². The van der Waals surface area contributed by atoms with E-state index in [9.17, 15) is 0 Å². The molecule has 15 heavy (non-hydrogen) atoms. The van der Waals surface area contributed by atoms with Crippen LogP contribution in [0.3, 0.4) is 0 Å². The smallest absolute Gasteiger partial charge is 0.0342 e. The predicted molar refractivity (Wildman–Crippen MR) is 64.2 cm³/mol. The van der Waals surface area contributed by atoms with Gasteiger partial charge in [0.15, 0.2) is 0 Å². The highest BCUT2D eigenvalue weighted by molar-refractivity contribution is 5.79. The van der Waals surface area contributed by atoms with E-state index < -0.39 is 0 Å². The summed E-state index contributed by atoms with van der Waals surface area (Å²) < 4.78 is 0. The second-order valence-corrected chi connectivity index (χ2v) is 3.48. The monoisotopic (exact) mass is 195 g/mol. The first-order chi connectivity index (χ1) is 7.36. The summed E-state index contributed by atoms with van der Waals surface area (Å²) in [6.45, 7) is 2.10. The number of hydrogen-bond donors (Lipinski definition) is 0. The van der Waals surface area contributed by atoms with Gasteiger partial charge in [0.05, 0.1) is 0 Å². The molecule has 0 saturated heterocycles. The van der Waals surface area contributed by atoms with Crippen LogP contribution in [0.1, 0.15) is 18.1 Å². The minimum atomic E-state index is 1.17. The molecule has 0 aliphatic heterocycles. The minimum Gasteiger partial charge on any atom is -0.264 e. The molecule has 0 aliphatic rings. The van der Waals surface area contributed by atoms with Crippen molar-refractivity contribution < 1.29 is 0 Å². The topological polar surface area (TPSA) is 12.9 Å². The van der Waals surface area contributed by atoms with E-state index in [4.69, 9.17) is 0 Å². The lowest BCUT2D eigenvalue weighted by molar-refractivity contribution is 1.31. The van der Waals surface area contributed by atoms with Crippen molar-refractivity contribution in [3.8, 4) is 0 Å². The van der Waals surface area contributed by atoms with E-state index in [-0.39, 0.29) is 0 Å². The van der Waals surface area contributed by atoms with Gasteiger partial charge in [-0.05, 0) is 29.7 Å². The maximum atomic E-state index is 4.11. The molecule has 74 valence electrons. The Morgan fingerprint density at radius 2 is 1.87 bits per heavy atom. The molecule has 0 atom stereocenters. The van der Waals surface area contributed by atoms with Crippen LogP contribution in [0.15, 0.2) is 54.9 Å². The first-order valence-electron chi connectivity index (χ1n) is 5.00. The van der Waals surface area contributed by atoms with Gasteiger partial charge in [-0.25, -0.2) is 0 Å². The van der Waals surface area contributed by atoms with Crippen LogP contribution in [0.4, 0.5) is 0 Å². The molecule has 0 N–H and O–H groups in total. The Kier molecular flexibility index (Phi) is 2.93. The second kappa shape index (κ2) is 4.56. The third-order valence-corrected chi connectivity index (χ3v) is 2.30. The minimum absolute atomic E-state index is 1.17. The number of hydrogen-bond acceptors (Lipinski definition) is 1. The fraction of sp³-hybridized carbons (Fsp3) is 0.0714. The lowest BCUT2D eigenvalue weighted by Gasteiger charge is -2.00. The molecule has 0 spiro atoms. The average Bonchev–Trinajstić information content (AvgIpc) is 2.31. The summed E-state index contributed by atoms with van der Waals surface area (Å²) in [5.41, 5.74) is 3.62. The fourth-order valence-electron chi connectivity index (χ4n) is 1.48. The first-order valence-corrected chi connectivity index (χ1v) is 5.00. The summed E-state index contributed by atoms with van der Waals surface area (Å²) in [4.78, 5) is 4.11. The maximum absolute atomic E-state index is 4.11. The van der Waals surface area contributed by atoms with Crippen LogP contribution < -0.4 is 0 Å². The third-order valence-electron chi connectivity index (χ3n) is 2.30. The molecule has 0 aliphatic carbocycles. The Hall–Kier alpha value is -1.89. The van der Waals surface area contributed by atoms with E-state index >= 15 is 0 Å². The zero-order valence-corrected chi connectivity index (χ0v) is 8.72.